The highest BCUT2D eigenvalue weighted by molar-refractivity contribution is 14.0. The van der Waals surface area contributed by atoms with Gasteiger partial charge in [-0.05, 0) is 40.0 Å². The van der Waals surface area contributed by atoms with Crippen LogP contribution in [0.3, 0.4) is 0 Å². The molecule has 180 valence electrons. The minimum Gasteiger partial charge on any atom is -0.444 e. The fourth-order valence-electron chi connectivity index (χ4n) is 3.64. The van der Waals surface area contributed by atoms with E-state index in [9.17, 15) is 9.59 Å². The van der Waals surface area contributed by atoms with Crippen molar-refractivity contribution in [1.82, 2.24) is 20.0 Å². The third kappa shape index (κ3) is 8.99. The molecule has 2 aliphatic rings. The highest BCUT2D eigenvalue weighted by Gasteiger charge is 2.31. The maximum atomic E-state index is 12.5. The molecule has 1 unspecified atom stereocenters. The van der Waals surface area contributed by atoms with Gasteiger partial charge >= 0.3 is 6.09 Å². The van der Waals surface area contributed by atoms with E-state index in [1.54, 1.807) is 11.9 Å². The minimum absolute atomic E-state index is 0. The van der Waals surface area contributed by atoms with Gasteiger partial charge in [0.15, 0.2) is 5.96 Å². The Hall–Kier alpha value is -1.30. The molecule has 1 N–H and O–H groups in total. The number of carbonyl (C=O) groups is 2. The Morgan fingerprint density at radius 3 is 2.32 bits per heavy atom. The van der Waals surface area contributed by atoms with Crippen LogP contribution in [0.1, 0.15) is 47.0 Å². The SMILES string of the molecule is CCCN(CCNC(=NC)N1CCN(C(=O)C2CCCO2)CC1)C(=O)OC(C)(C)C.I. The normalized spacial score (nSPS) is 19.6. The number of nitrogens with zero attached hydrogens (tertiary/aromatic N) is 4. The summed E-state index contributed by atoms with van der Waals surface area (Å²) in [6.07, 6.45) is 2.11. The van der Waals surface area contributed by atoms with Gasteiger partial charge in [0.25, 0.3) is 5.91 Å². The van der Waals surface area contributed by atoms with Gasteiger partial charge in [-0.15, -0.1) is 24.0 Å². The quantitative estimate of drug-likeness (QED) is 0.308. The Morgan fingerprint density at radius 1 is 1.16 bits per heavy atom. The molecule has 0 aromatic heterocycles. The van der Waals surface area contributed by atoms with Crippen LogP contribution in [-0.2, 0) is 14.3 Å². The maximum absolute atomic E-state index is 12.5. The van der Waals surface area contributed by atoms with Gasteiger partial charge in [-0.2, -0.15) is 0 Å². The summed E-state index contributed by atoms with van der Waals surface area (Å²) < 4.78 is 11.0. The zero-order valence-electron chi connectivity index (χ0n) is 19.7. The fraction of sp³-hybridized carbons (Fsp3) is 0.857. The summed E-state index contributed by atoms with van der Waals surface area (Å²) in [5.41, 5.74) is -0.507. The van der Waals surface area contributed by atoms with Crippen molar-refractivity contribution in [1.29, 1.82) is 0 Å². The van der Waals surface area contributed by atoms with Crippen LogP contribution < -0.4 is 5.32 Å². The van der Waals surface area contributed by atoms with Gasteiger partial charge in [-0.3, -0.25) is 9.79 Å². The molecule has 0 aliphatic carbocycles. The van der Waals surface area contributed by atoms with Crippen LogP contribution in [0.4, 0.5) is 4.79 Å². The number of ether oxygens (including phenoxy) is 2. The Balaban J connectivity index is 0.00000480. The zero-order valence-corrected chi connectivity index (χ0v) is 22.0. The molecule has 2 aliphatic heterocycles. The van der Waals surface area contributed by atoms with Crippen molar-refractivity contribution in [2.75, 3.05) is 59.5 Å². The molecule has 0 bridgehead atoms. The molecule has 0 radical (unpaired) electrons. The predicted octanol–water partition coefficient (Wildman–Crippen LogP) is 2.15. The van der Waals surface area contributed by atoms with Crippen molar-refractivity contribution in [3.05, 3.63) is 0 Å². The number of amides is 2. The third-order valence-electron chi connectivity index (χ3n) is 5.12. The fourth-order valence-corrected chi connectivity index (χ4v) is 3.64. The van der Waals surface area contributed by atoms with Crippen molar-refractivity contribution < 1.29 is 19.1 Å². The Kier molecular flexibility index (Phi) is 11.9. The first kappa shape index (κ1) is 27.7. The Bertz CT molecular complexity index is 597. The molecule has 1 atom stereocenters. The molecule has 9 nitrogen and oxygen atoms in total. The van der Waals surface area contributed by atoms with Crippen LogP contribution >= 0.6 is 24.0 Å². The van der Waals surface area contributed by atoms with Crippen molar-refractivity contribution in [2.45, 2.75) is 58.7 Å². The lowest BCUT2D eigenvalue weighted by molar-refractivity contribution is -0.142. The number of hydrogen-bond donors (Lipinski definition) is 1. The van der Waals surface area contributed by atoms with Gasteiger partial charge in [-0.1, -0.05) is 6.92 Å². The number of halogens is 1. The van der Waals surface area contributed by atoms with Crippen molar-refractivity contribution in [3.63, 3.8) is 0 Å². The van der Waals surface area contributed by atoms with Crippen LogP contribution in [-0.4, -0.2) is 104 Å². The van der Waals surface area contributed by atoms with Crippen LogP contribution in [0, 0.1) is 0 Å². The van der Waals surface area contributed by atoms with Crippen LogP contribution in [0.2, 0.25) is 0 Å². The van der Waals surface area contributed by atoms with Crippen molar-refractivity contribution >= 4 is 41.9 Å². The maximum Gasteiger partial charge on any atom is 0.410 e. The molecule has 2 amide bonds. The summed E-state index contributed by atoms with van der Waals surface area (Å²) in [4.78, 5) is 35.0. The van der Waals surface area contributed by atoms with E-state index < -0.39 is 5.60 Å². The Labute approximate surface area is 203 Å². The lowest BCUT2D eigenvalue weighted by Crippen LogP contribution is -2.55. The molecular formula is C21H40IN5O4. The second-order valence-corrected chi connectivity index (χ2v) is 8.76. The summed E-state index contributed by atoms with van der Waals surface area (Å²) in [5, 5.41) is 3.34. The highest BCUT2D eigenvalue weighted by Crippen LogP contribution is 2.16. The first-order chi connectivity index (χ1) is 14.2. The van der Waals surface area contributed by atoms with E-state index in [1.807, 2.05) is 32.6 Å². The summed E-state index contributed by atoms with van der Waals surface area (Å²) in [5.74, 6) is 0.905. The zero-order chi connectivity index (χ0) is 22.1. The molecule has 2 rings (SSSR count). The molecular weight excluding hydrogens is 513 g/mol. The van der Waals surface area contributed by atoms with Crippen LogP contribution in [0.5, 0.6) is 0 Å². The monoisotopic (exact) mass is 553 g/mol. The van der Waals surface area contributed by atoms with E-state index in [0.717, 1.165) is 38.3 Å². The molecule has 31 heavy (non-hydrogen) atoms. The van der Waals surface area contributed by atoms with Gasteiger partial charge < -0.3 is 29.5 Å². The van der Waals surface area contributed by atoms with E-state index in [1.165, 1.54) is 0 Å². The first-order valence-corrected chi connectivity index (χ1v) is 11.1. The Morgan fingerprint density at radius 2 is 1.81 bits per heavy atom. The van der Waals surface area contributed by atoms with Gasteiger partial charge in [0.2, 0.25) is 0 Å². The highest BCUT2D eigenvalue weighted by atomic mass is 127. The number of hydrogen-bond acceptors (Lipinski definition) is 5. The van der Waals surface area contributed by atoms with Crippen molar-refractivity contribution in [3.8, 4) is 0 Å². The third-order valence-corrected chi connectivity index (χ3v) is 5.12. The lowest BCUT2D eigenvalue weighted by atomic mass is 10.2. The smallest absolute Gasteiger partial charge is 0.410 e. The number of guanidine groups is 1. The number of rotatable bonds is 6. The van der Waals surface area contributed by atoms with E-state index in [-0.39, 0.29) is 42.1 Å². The standard InChI is InChI=1S/C21H39N5O4.HI/c1-6-10-26(20(28)30-21(2,3)4)11-9-23-19(22-5)25-14-12-24(13-15-25)18(27)17-8-7-16-29-17;/h17H,6-16H2,1-5H3,(H,22,23);1H. The van der Waals surface area contributed by atoms with Crippen LogP contribution in [0.25, 0.3) is 0 Å². The molecule has 2 saturated heterocycles. The summed E-state index contributed by atoms with van der Waals surface area (Å²) in [6, 6.07) is 0. The van der Waals surface area contributed by atoms with E-state index in [0.29, 0.717) is 39.3 Å². The molecule has 0 aromatic carbocycles. The van der Waals surface area contributed by atoms with Gasteiger partial charge in [0, 0.05) is 59.5 Å². The minimum atomic E-state index is -0.507. The van der Waals surface area contributed by atoms with E-state index in [4.69, 9.17) is 9.47 Å². The molecule has 10 heteroatoms. The number of piperazine rings is 1. The van der Waals surface area contributed by atoms with Crippen LogP contribution in [0.15, 0.2) is 4.99 Å². The summed E-state index contributed by atoms with van der Waals surface area (Å²) in [6.45, 7) is 12.9. The second-order valence-electron chi connectivity index (χ2n) is 8.76. The summed E-state index contributed by atoms with van der Waals surface area (Å²) >= 11 is 0. The first-order valence-electron chi connectivity index (χ1n) is 11.1. The average molecular weight is 553 g/mol. The van der Waals surface area contributed by atoms with Gasteiger partial charge in [0.05, 0.1) is 0 Å². The summed E-state index contributed by atoms with van der Waals surface area (Å²) in [7, 11) is 1.75. The number of carbonyl (C=O) groups excluding carboxylic acids is 2. The van der Waals surface area contributed by atoms with Gasteiger partial charge in [0.1, 0.15) is 11.7 Å². The van der Waals surface area contributed by atoms with Gasteiger partial charge in [-0.25, -0.2) is 4.79 Å². The molecule has 0 saturated carbocycles. The largest absolute Gasteiger partial charge is 0.444 e. The van der Waals surface area contributed by atoms with Crippen molar-refractivity contribution in [2.24, 2.45) is 4.99 Å². The molecule has 0 aromatic rings. The predicted molar refractivity (Wildman–Crippen MR) is 132 cm³/mol. The topological polar surface area (TPSA) is 86.7 Å². The van der Waals surface area contributed by atoms with E-state index in [2.05, 4.69) is 15.2 Å². The number of aliphatic imine (C=N–C) groups is 1. The molecule has 0 spiro atoms. The average Bonchev–Trinajstić information content (AvgIpc) is 3.23. The molecule has 2 heterocycles. The van der Waals surface area contributed by atoms with E-state index >= 15 is 0 Å². The lowest BCUT2D eigenvalue weighted by Gasteiger charge is -2.37. The molecule has 2 fully saturated rings. The second kappa shape index (κ2) is 13.3. The number of nitrogens with one attached hydrogen (secondary N) is 1.